The maximum atomic E-state index is 11.3. The van der Waals surface area contributed by atoms with Gasteiger partial charge in [-0.25, -0.2) is 9.78 Å². The van der Waals surface area contributed by atoms with Gasteiger partial charge < -0.3 is 14.9 Å². The Morgan fingerprint density at radius 1 is 1.27 bits per heavy atom. The fourth-order valence-corrected chi connectivity index (χ4v) is 2.33. The summed E-state index contributed by atoms with van der Waals surface area (Å²) in [5.74, 6) is -0.555. The smallest absolute Gasteiger partial charge is 0.356 e. The third kappa shape index (κ3) is 2.44. The fraction of sp³-hybridized carbons (Fsp3) is 0.0667. The minimum Gasteiger partial charge on any atom is -0.506 e. The van der Waals surface area contributed by atoms with Crippen molar-refractivity contribution in [1.82, 2.24) is 9.38 Å². The fourth-order valence-electron chi connectivity index (χ4n) is 2.14. The Balaban J connectivity index is 2.00. The van der Waals surface area contributed by atoms with Crippen LogP contribution in [0.25, 0.3) is 5.52 Å². The second-order valence-corrected chi connectivity index (χ2v) is 4.92. The number of aromatic nitrogens is 2. The molecule has 1 aromatic carbocycles. The van der Waals surface area contributed by atoms with Crippen molar-refractivity contribution < 1.29 is 19.7 Å². The van der Waals surface area contributed by atoms with Crippen molar-refractivity contribution >= 4 is 23.1 Å². The van der Waals surface area contributed by atoms with E-state index in [4.69, 9.17) is 16.3 Å². The second kappa shape index (κ2) is 5.57. The van der Waals surface area contributed by atoms with Crippen LogP contribution in [0.4, 0.5) is 0 Å². The molecule has 0 fully saturated rings. The number of hydrogen-bond acceptors (Lipinski definition) is 4. The molecule has 6 nitrogen and oxygen atoms in total. The number of ether oxygens (including phenoxy) is 1. The SMILES string of the molecule is O=C(O)c1nc(COc2ccccc2Cl)n2cccc(O)c12. The second-order valence-electron chi connectivity index (χ2n) is 4.51. The Bertz CT molecular complexity index is 860. The van der Waals surface area contributed by atoms with Crippen LogP contribution in [0.3, 0.4) is 0 Å². The van der Waals surface area contributed by atoms with E-state index >= 15 is 0 Å². The summed E-state index contributed by atoms with van der Waals surface area (Å²) in [6, 6.07) is 9.94. The zero-order chi connectivity index (χ0) is 15.7. The molecule has 0 aliphatic carbocycles. The Morgan fingerprint density at radius 3 is 2.77 bits per heavy atom. The molecule has 0 unspecified atom stereocenters. The highest BCUT2D eigenvalue weighted by atomic mass is 35.5. The van der Waals surface area contributed by atoms with Crippen LogP contribution in [-0.2, 0) is 6.61 Å². The Labute approximate surface area is 130 Å². The van der Waals surface area contributed by atoms with Crippen LogP contribution < -0.4 is 4.74 Å². The van der Waals surface area contributed by atoms with Gasteiger partial charge in [-0.3, -0.25) is 4.40 Å². The maximum absolute atomic E-state index is 11.3. The van der Waals surface area contributed by atoms with Crippen molar-refractivity contribution in [2.75, 3.05) is 0 Å². The van der Waals surface area contributed by atoms with E-state index in [-0.39, 0.29) is 23.6 Å². The van der Waals surface area contributed by atoms with Crippen LogP contribution in [0.2, 0.25) is 5.02 Å². The number of benzene rings is 1. The van der Waals surface area contributed by atoms with E-state index in [2.05, 4.69) is 4.98 Å². The quantitative estimate of drug-likeness (QED) is 0.772. The Morgan fingerprint density at radius 2 is 2.05 bits per heavy atom. The molecule has 2 N–H and O–H groups in total. The van der Waals surface area contributed by atoms with Crippen LogP contribution in [0, 0.1) is 0 Å². The molecule has 2 aromatic heterocycles. The van der Waals surface area contributed by atoms with E-state index < -0.39 is 5.97 Å². The lowest BCUT2D eigenvalue weighted by Gasteiger charge is -2.07. The number of hydrogen-bond donors (Lipinski definition) is 2. The van der Waals surface area contributed by atoms with Gasteiger partial charge in [0, 0.05) is 6.20 Å². The van der Waals surface area contributed by atoms with Crippen LogP contribution in [0.5, 0.6) is 11.5 Å². The summed E-state index contributed by atoms with van der Waals surface area (Å²) >= 11 is 6.00. The zero-order valence-corrected chi connectivity index (χ0v) is 12.0. The molecule has 0 aliphatic heterocycles. The predicted octanol–water partition coefficient (Wildman–Crippen LogP) is 2.97. The predicted molar refractivity (Wildman–Crippen MR) is 79.6 cm³/mol. The highest BCUT2D eigenvalue weighted by Gasteiger charge is 2.19. The van der Waals surface area contributed by atoms with E-state index in [0.717, 1.165) is 0 Å². The number of fused-ring (bicyclic) bond motifs is 1. The summed E-state index contributed by atoms with van der Waals surface area (Å²) in [6.45, 7) is 0.0155. The normalized spacial score (nSPS) is 10.8. The Kier molecular flexibility index (Phi) is 3.60. The number of pyridine rings is 1. The van der Waals surface area contributed by atoms with Crippen molar-refractivity contribution in [3.63, 3.8) is 0 Å². The summed E-state index contributed by atoms with van der Waals surface area (Å²) in [5, 5.41) is 19.5. The molecule has 2 heterocycles. The highest BCUT2D eigenvalue weighted by Crippen LogP contribution is 2.26. The van der Waals surface area contributed by atoms with Gasteiger partial charge in [-0.1, -0.05) is 23.7 Å². The number of imidazole rings is 1. The minimum absolute atomic E-state index is 0.0155. The molecule has 22 heavy (non-hydrogen) atoms. The van der Waals surface area contributed by atoms with E-state index in [9.17, 15) is 15.0 Å². The number of aromatic hydroxyl groups is 1. The molecule has 0 saturated carbocycles. The molecule has 0 atom stereocenters. The number of carboxylic acids is 1. The molecule has 3 aromatic rings. The van der Waals surface area contributed by atoms with E-state index in [1.165, 1.54) is 10.5 Å². The first kappa shape index (κ1) is 14.2. The standard InChI is InChI=1S/C15H11ClN2O4/c16-9-4-1-2-6-11(9)22-8-12-17-13(15(20)21)14-10(19)5-3-7-18(12)14/h1-7,19H,8H2,(H,20,21). The number of carboxylic acid groups (broad SMARTS) is 1. The summed E-state index contributed by atoms with van der Waals surface area (Å²) in [4.78, 5) is 15.3. The maximum Gasteiger partial charge on any atom is 0.356 e. The van der Waals surface area contributed by atoms with Gasteiger partial charge in [0.2, 0.25) is 0 Å². The van der Waals surface area contributed by atoms with Crippen molar-refractivity contribution in [3.05, 3.63) is 59.1 Å². The molecule has 0 aliphatic rings. The average molecular weight is 319 g/mol. The highest BCUT2D eigenvalue weighted by molar-refractivity contribution is 6.32. The zero-order valence-electron chi connectivity index (χ0n) is 11.2. The van der Waals surface area contributed by atoms with Gasteiger partial charge in [-0.15, -0.1) is 0 Å². The molecule has 112 valence electrons. The van der Waals surface area contributed by atoms with Gasteiger partial charge in [0.1, 0.15) is 23.6 Å². The summed E-state index contributed by atoms with van der Waals surface area (Å²) < 4.78 is 7.06. The van der Waals surface area contributed by atoms with Gasteiger partial charge >= 0.3 is 5.97 Å². The first-order valence-corrected chi connectivity index (χ1v) is 6.75. The van der Waals surface area contributed by atoms with Crippen molar-refractivity contribution in [2.45, 2.75) is 6.61 Å². The number of halogens is 1. The third-order valence-electron chi connectivity index (χ3n) is 3.11. The molecular formula is C15H11ClN2O4. The molecule has 0 amide bonds. The molecule has 7 heteroatoms. The number of nitrogens with zero attached hydrogens (tertiary/aromatic N) is 2. The van der Waals surface area contributed by atoms with Gasteiger partial charge in [0.15, 0.2) is 11.5 Å². The van der Waals surface area contributed by atoms with Crippen molar-refractivity contribution in [2.24, 2.45) is 0 Å². The minimum atomic E-state index is -1.22. The van der Waals surface area contributed by atoms with E-state index in [0.29, 0.717) is 16.6 Å². The van der Waals surface area contributed by atoms with Crippen LogP contribution in [0.15, 0.2) is 42.6 Å². The molecule has 0 saturated heterocycles. The average Bonchev–Trinajstić information content (AvgIpc) is 2.87. The van der Waals surface area contributed by atoms with Crippen molar-refractivity contribution in [1.29, 1.82) is 0 Å². The van der Waals surface area contributed by atoms with Gasteiger partial charge in [-0.05, 0) is 24.3 Å². The third-order valence-corrected chi connectivity index (χ3v) is 3.42. The number of carbonyl (C=O) groups is 1. The van der Waals surface area contributed by atoms with Gasteiger partial charge in [0.25, 0.3) is 0 Å². The largest absolute Gasteiger partial charge is 0.506 e. The monoisotopic (exact) mass is 318 g/mol. The lowest BCUT2D eigenvalue weighted by Crippen LogP contribution is -2.02. The van der Waals surface area contributed by atoms with Gasteiger partial charge in [0.05, 0.1) is 5.02 Å². The summed E-state index contributed by atoms with van der Waals surface area (Å²) in [6.07, 6.45) is 1.61. The van der Waals surface area contributed by atoms with E-state index in [1.54, 1.807) is 36.5 Å². The van der Waals surface area contributed by atoms with E-state index in [1.807, 2.05) is 0 Å². The van der Waals surface area contributed by atoms with Crippen LogP contribution >= 0.6 is 11.6 Å². The summed E-state index contributed by atoms with van der Waals surface area (Å²) in [5.41, 5.74) is -0.0939. The van der Waals surface area contributed by atoms with Gasteiger partial charge in [-0.2, -0.15) is 0 Å². The summed E-state index contributed by atoms with van der Waals surface area (Å²) in [7, 11) is 0. The molecule has 0 bridgehead atoms. The van der Waals surface area contributed by atoms with Crippen molar-refractivity contribution in [3.8, 4) is 11.5 Å². The number of para-hydroxylation sites is 1. The lowest BCUT2D eigenvalue weighted by atomic mass is 10.3. The molecule has 3 rings (SSSR count). The first-order chi connectivity index (χ1) is 10.6. The number of rotatable bonds is 4. The van der Waals surface area contributed by atoms with Crippen LogP contribution in [-0.4, -0.2) is 25.6 Å². The van der Waals surface area contributed by atoms with Crippen LogP contribution in [0.1, 0.15) is 16.3 Å². The molecule has 0 spiro atoms. The molecule has 0 radical (unpaired) electrons. The molecular weight excluding hydrogens is 308 g/mol. The lowest BCUT2D eigenvalue weighted by molar-refractivity contribution is 0.0692. The number of aromatic carboxylic acids is 1. The topological polar surface area (TPSA) is 84.1 Å². The Hall–Kier alpha value is -2.73. The first-order valence-electron chi connectivity index (χ1n) is 6.37.